The zero-order valence-electron chi connectivity index (χ0n) is 32.5. The van der Waals surface area contributed by atoms with E-state index >= 15 is 0 Å². The number of hydrogen-bond donors (Lipinski definition) is 1. The summed E-state index contributed by atoms with van der Waals surface area (Å²) in [5, 5.41) is -0.541. The Balaban J connectivity index is 3.38. The summed E-state index contributed by atoms with van der Waals surface area (Å²) in [7, 11) is -3.91. The van der Waals surface area contributed by atoms with Gasteiger partial charge in [0.2, 0.25) is 0 Å². The normalized spacial score (nSPS) is 12.7. The van der Waals surface area contributed by atoms with Crippen molar-refractivity contribution in [1.29, 1.82) is 0 Å². The molecule has 0 aromatic rings. The smallest absolute Gasteiger partial charge is 0.267 e. The van der Waals surface area contributed by atoms with Crippen LogP contribution in [0.5, 0.6) is 0 Å². The first-order valence-corrected chi connectivity index (χ1v) is 23.5. The molecule has 4 heteroatoms. The van der Waals surface area contributed by atoms with E-state index in [9.17, 15) is 13.0 Å². The molecule has 0 saturated carbocycles. The average molecular weight is 685 g/mol. The molecule has 0 heterocycles. The van der Waals surface area contributed by atoms with Gasteiger partial charge in [0.05, 0.1) is 5.25 Å². The standard InChI is InChI=1S/C43H88O3S/c1-3-5-7-9-11-13-15-16-17-18-19-20-21-22-23-24-25-26-27-28-29-30-32-34-36-38-40-42-43(47(44,45)46)41-39-37-35-33-31-14-12-10-8-6-4-2/h43H,3-42H2,1-2H3,(H,44,45,46). The highest BCUT2D eigenvalue weighted by molar-refractivity contribution is 7.86. The van der Waals surface area contributed by atoms with Gasteiger partial charge in [-0.2, -0.15) is 8.42 Å². The van der Waals surface area contributed by atoms with Gasteiger partial charge in [-0.25, -0.2) is 0 Å². The molecular formula is C43H88O3S. The maximum atomic E-state index is 11.9. The van der Waals surface area contributed by atoms with Gasteiger partial charge in [0, 0.05) is 0 Å². The van der Waals surface area contributed by atoms with Crippen LogP contribution in [0.2, 0.25) is 0 Å². The molecular weight excluding hydrogens is 597 g/mol. The Kier molecular flexibility index (Phi) is 38.6. The van der Waals surface area contributed by atoms with Gasteiger partial charge in [0.1, 0.15) is 0 Å². The third-order valence-electron chi connectivity index (χ3n) is 10.7. The van der Waals surface area contributed by atoms with Crippen molar-refractivity contribution in [3.8, 4) is 0 Å². The molecule has 0 rings (SSSR count). The number of rotatable bonds is 41. The van der Waals surface area contributed by atoms with Crippen molar-refractivity contribution in [2.45, 2.75) is 276 Å². The molecule has 0 aromatic carbocycles. The maximum absolute atomic E-state index is 11.9. The summed E-state index contributed by atoms with van der Waals surface area (Å²) in [4.78, 5) is 0. The zero-order chi connectivity index (χ0) is 34.4. The van der Waals surface area contributed by atoms with Crippen LogP contribution in [0.3, 0.4) is 0 Å². The second-order valence-corrected chi connectivity index (χ2v) is 17.1. The summed E-state index contributed by atoms with van der Waals surface area (Å²) >= 11 is 0. The predicted octanol–water partition coefficient (Wildman–Crippen LogP) is 15.9. The van der Waals surface area contributed by atoms with Gasteiger partial charge in [-0.1, -0.05) is 258 Å². The molecule has 0 spiro atoms. The molecule has 0 aliphatic carbocycles. The van der Waals surface area contributed by atoms with E-state index in [1.54, 1.807) is 0 Å². The largest absolute Gasteiger partial charge is 0.285 e. The molecule has 0 aromatic heterocycles. The van der Waals surface area contributed by atoms with Crippen LogP contribution in [0.15, 0.2) is 0 Å². The van der Waals surface area contributed by atoms with Crippen LogP contribution < -0.4 is 0 Å². The Morgan fingerprint density at radius 3 is 0.596 bits per heavy atom. The summed E-state index contributed by atoms with van der Waals surface area (Å²) in [6.07, 6.45) is 52.7. The van der Waals surface area contributed by atoms with Crippen LogP contribution in [0.4, 0.5) is 0 Å². The fourth-order valence-corrected chi connectivity index (χ4v) is 8.27. The van der Waals surface area contributed by atoms with Crippen LogP contribution in [0.25, 0.3) is 0 Å². The molecule has 1 atom stereocenters. The molecule has 1 N–H and O–H groups in total. The summed E-state index contributed by atoms with van der Waals surface area (Å²) < 4.78 is 33.5. The molecule has 0 aliphatic rings. The molecule has 0 fully saturated rings. The van der Waals surface area contributed by atoms with Gasteiger partial charge in [0.15, 0.2) is 0 Å². The van der Waals surface area contributed by atoms with E-state index in [1.165, 1.54) is 218 Å². The predicted molar refractivity (Wildman–Crippen MR) is 211 cm³/mol. The third-order valence-corrected chi connectivity index (χ3v) is 12.0. The first-order valence-electron chi connectivity index (χ1n) is 22.0. The van der Waals surface area contributed by atoms with Gasteiger partial charge in [-0.3, -0.25) is 4.55 Å². The van der Waals surface area contributed by atoms with Crippen molar-refractivity contribution in [1.82, 2.24) is 0 Å². The Morgan fingerprint density at radius 2 is 0.447 bits per heavy atom. The lowest BCUT2D eigenvalue weighted by Crippen LogP contribution is -2.20. The van der Waals surface area contributed by atoms with Crippen LogP contribution >= 0.6 is 0 Å². The Labute approximate surface area is 298 Å². The summed E-state index contributed by atoms with van der Waals surface area (Å²) in [6, 6.07) is 0. The molecule has 284 valence electrons. The average Bonchev–Trinajstić information content (AvgIpc) is 3.05. The Hall–Kier alpha value is -0.0900. The lowest BCUT2D eigenvalue weighted by molar-refractivity contribution is 0.441. The van der Waals surface area contributed by atoms with E-state index < -0.39 is 15.4 Å². The molecule has 0 aliphatic heterocycles. The minimum absolute atomic E-state index is 0.541. The fraction of sp³-hybridized carbons (Fsp3) is 1.00. The van der Waals surface area contributed by atoms with E-state index in [2.05, 4.69) is 13.8 Å². The third kappa shape index (κ3) is 38.6. The SMILES string of the molecule is CCCCCCCCCCCCCCCCCCCCCCCCCCCCCC(CCCCCCCCCCCCC)S(=O)(=O)O. The van der Waals surface area contributed by atoms with Crippen LogP contribution in [0, 0.1) is 0 Å². The summed E-state index contributed by atoms with van der Waals surface area (Å²) in [6.45, 7) is 4.56. The molecule has 0 bridgehead atoms. The molecule has 0 radical (unpaired) electrons. The van der Waals surface area contributed by atoms with Crippen LogP contribution in [-0.2, 0) is 10.1 Å². The second kappa shape index (κ2) is 38.7. The van der Waals surface area contributed by atoms with E-state index in [0.717, 1.165) is 25.7 Å². The summed E-state index contributed by atoms with van der Waals surface area (Å²) in [5.74, 6) is 0. The van der Waals surface area contributed by atoms with Gasteiger partial charge in [-0.05, 0) is 12.8 Å². The van der Waals surface area contributed by atoms with Crippen molar-refractivity contribution in [2.75, 3.05) is 0 Å². The minimum atomic E-state index is -3.91. The minimum Gasteiger partial charge on any atom is -0.285 e. The fourth-order valence-electron chi connectivity index (χ4n) is 7.34. The van der Waals surface area contributed by atoms with Gasteiger partial charge >= 0.3 is 0 Å². The first-order chi connectivity index (χ1) is 23.0. The van der Waals surface area contributed by atoms with Crippen molar-refractivity contribution in [3.05, 3.63) is 0 Å². The van der Waals surface area contributed by atoms with Crippen molar-refractivity contribution >= 4 is 10.1 Å². The molecule has 47 heavy (non-hydrogen) atoms. The molecule has 3 nitrogen and oxygen atoms in total. The molecule has 0 saturated heterocycles. The van der Waals surface area contributed by atoms with Crippen LogP contribution in [0.1, 0.15) is 271 Å². The number of hydrogen-bond acceptors (Lipinski definition) is 2. The first kappa shape index (κ1) is 46.9. The second-order valence-electron chi connectivity index (χ2n) is 15.4. The van der Waals surface area contributed by atoms with E-state index in [0.29, 0.717) is 12.8 Å². The van der Waals surface area contributed by atoms with E-state index in [1.807, 2.05) is 0 Å². The van der Waals surface area contributed by atoms with Crippen molar-refractivity contribution in [3.63, 3.8) is 0 Å². The topological polar surface area (TPSA) is 54.4 Å². The highest BCUT2D eigenvalue weighted by Crippen LogP contribution is 2.20. The number of unbranched alkanes of at least 4 members (excludes halogenated alkanes) is 36. The Bertz CT molecular complexity index is 677. The quantitative estimate of drug-likeness (QED) is 0.0515. The van der Waals surface area contributed by atoms with Gasteiger partial charge in [-0.15, -0.1) is 0 Å². The molecule has 1 unspecified atom stereocenters. The monoisotopic (exact) mass is 685 g/mol. The van der Waals surface area contributed by atoms with Crippen LogP contribution in [-0.4, -0.2) is 18.2 Å². The summed E-state index contributed by atoms with van der Waals surface area (Å²) in [5.41, 5.74) is 0. The van der Waals surface area contributed by atoms with Gasteiger partial charge in [0.25, 0.3) is 10.1 Å². The van der Waals surface area contributed by atoms with E-state index in [-0.39, 0.29) is 0 Å². The lowest BCUT2D eigenvalue weighted by atomic mass is 10.0. The lowest BCUT2D eigenvalue weighted by Gasteiger charge is -2.13. The van der Waals surface area contributed by atoms with Crippen molar-refractivity contribution < 1.29 is 13.0 Å². The van der Waals surface area contributed by atoms with E-state index in [4.69, 9.17) is 0 Å². The maximum Gasteiger partial charge on any atom is 0.267 e. The zero-order valence-corrected chi connectivity index (χ0v) is 33.4. The molecule has 0 amide bonds. The highest BCUT2D eigenvalue weighted by atomic mass is 32.2. The van der Waals surface area contributed by atoms with Gasteiger partial charge < -0.3 is 0 Å². The highest BCUT2D eigenvalue weighted by Gasteiger charge is 2.21. The van der Waals surface area contributed by atoms with Crippen molar-refractivity contribution in [2.24, 2.45) is 0 Å². The Morgan fingerprint density at radius 1 is 0.298 bits per heavy atom.